The van der Waals surface area contributed by atoms with Crippen molar-refractivity contribution in [2.45, 2.75) is 41.5 Å². The van der Waals surface area contributed by atoms with E-state index < -0.39 is 11.9 Å². The number of anilines is 1. The van der Waals surface area contributed by atoms with Crippen LogP contribution in [-0.2, 0) is 14.3 Å². The standard InChI is InChI=1S/C18H21NO6/c1-7-23-18(22)14-13-10(4)15(24-12(6)21)8(2)9(3)16(13)25-17(14)19-11(5)20/h7H2,1-6H3,(H,19,20). The van der Waals surface area contributed by atoms with E-state index >= 15 is 0 Å². The minimum Gasteiger partial charge on any atom is -0.462 e. The number of benzene rings is 1. The number of carbonyl (C=O) groups excluding carboxylic acids is 3. The normalized spacial score (nSPS) is 10.6. The third-order valence-corrected chi connectivity index (χ3v) is 3.88. The molecule has 1 aromatic carbocycles. The van der Waals surface area contributed by atoms with Crippen molar-refractivity contribution in [3.8, 4) is 5.75 Å². The van der Waals surface area contributed by atoms with Crippen molar-refractivity contribution in [1.29, 1.82) is 0 Å². The molecule has 0 bridgehead atoms. The van der Waals surface area contributed by atoms with Gasteiger partial charge in [-0.2, -0.15) is 0 Å². The lowest BCUT2D eigenvalue weighted by Gasteiger charge is -2.13. The van der Waals surface area contributed by atoms with Gasteiger partial charge in [0.2, 0.25) is 11.8 Å². The van der Waals surface area contributed by atoms with Crippen molar-refractivity contribution in [1.82, 2.24) is 0 Å². The molecule has 25 heavy (non-hydrogen) atoms. The third kappa shape index (κ3) is 3.35. The first-order chi connectivity index (χ1) is 11.7. The van der Waals surface area contributed by atoms with E-state index in [1.165, 1.54) is 13.8 Å². The van der Waals surface area contributed by atoms with Crippen LogP contribution in [0.4, 0.5) is 5.88 Å². The molecule has 1 aromatic heterocycles. The molecular weight excluding hydrogens is 326 g/mol. The summed E-state index contributed by atoms with van der Waals surface area (Å²) in [7, 11) is 0. The summed E-state index contributed by atoms with van der Waals surface area (Å²) in [4.78, 5) is 35.4. The van der Waals surface area contributed by atoms with E-state index in [-0.39, 0.29) is 24.0 Å². The summed E-state index contributed by atoms with van der Waals surface area (Å²) in [6.07, 6.45) is 0. The smallest absolute Gasteiger partial charge is 0.344 e. The number of nitrogens with one attached hydrogen (secondary N) is 1. The van der Waals surface area contributed by atoms with Crippen LogP contribution in [0.15, 0.2) is 4.42 Å². The number of amides is 1. The molecule has 134 valence electrons. The van der Waals surface area contributed by atoms with Crippen molar-refractivity contribution in [2.24, 2.45) is 0 Å². The van der Waals surface area contributed by atoms with E-state index in [0.717, 1.165) is 5.56 Å². The molecule has 0 aliphatic heterocycles. The van der Waals surface area contributed by atoms with Crippen LogP contribution in [0.25, 0.3) is 11.0 Å². The zero-order valence-corrected chi connectivity index (χ0v) is 15.2. The molecule has 0 radical (unpaired) electrons. The minimum absolute atomic E-state index is 0.0199. The molecule has 0 fully saturated rings. The highest BCUT2D eigenvalue weighted by atomic mass is 16.5. The van der Waals surface area contributed by atoms with Gasteiger partial charge in [-0.3, -0.25) is 14.9 Å². The predicted molar refractivity (Wildman–Crippen MR) is 92.0 cm³/mol. The molecule has 0 aliphatic carbocycles. The third-order valence-electron chi connectivity index (χ3n) is 3.88. The largest absolute Gasteiger partial charge is 0.462 e. The Hall–Kier alpha value is -2.83. The number of rotatable bonds is 4. The number of furan rings is 1. The highest BCUT2D eigenvalue weighted by Crippen LogP contribution is 2.41. The molecule has 1 heterocycles. The summed E-state index contributed by atoms with van der Waals surface area (Å²) >= 11 is 0. The topological polar surface area (TPSA) is 94.8 Å². The zero-order valence-electron chi connectivity index (χ0n) is 15.2. The maximum Gasteiger partial charge on any atom is 0.344 e. The molecular formula is C18H21NO6. The Labute approximate surface area is 145 Å². The number of ether oxygens (including phenoxy) is 2. The van der Waals surface area contributed by atoms with Gasteiger partial charge in [-0.05, 0) is 38.8 Å². The lowest BCUT2D eigenvalue weighted by Crippen LogP contribution is -2.12. The average molecular weight is 347 g/mol. The predicted octanol–water partition coefficient (Wildman–Crippen LogP) is 3.42. The van der Waals surface area contributed by atoms with Gasteiger partial charge in [0.1, 0.15) is 16.9 Å². The van der Waals surface area contributed by atoms with Crippen molar-refractivity contribution < 1.29 is 28.3 Å². The van der Waals surface area contributed by atoms with Gasteiger partial charge in [0.05, 0.1) is 6.61 Å². The van der Waals surface area contributed by atoms with Gasteiger partial charge in [0, 0.05) is 24.8 Å². The molecule has 0 aliphatic rings. The second kappa shape index (κ2) is 6.96. The monoisotopic (exact) mass is 347 g/mol. The number of aryl methyl sites for hydroxylation is 2. The fourth-order valence-electron chi connectivity index (χ4n) is 2.73. The first kappa shape index (κ1) is 18.5. The van der Waals surface area contributed by atoms with Crippen LogP contribution in [0, 0.1) is 20.8 Å². The van der Waals surface area contributed by atoms with E-state index in [2.05, 4.69) is 5.32 Å². The van der Waals surface area contributed by atoms with Crippen molar-refractivity contribution in [2.75, 3.05) is 11.9 Å². The lowest BCUT2D eigenvalue weighted by molar-refractivity contribution is -0.132. The molecule has 2 rings (SSSR count). The van der Waals surface area contributed by atoms with E-state index in [1.54, 1.807) is 27.7 Å². The van der Waals surface area contributed by atoms with Gasteiger partial charge in [-0.15, -0.1) is 0 Å². The summed E-state index contributed by atoms with van der Waals surface area (Å²) in [5.74, 6) is -1.07. The number of hydrogen-bond donors (Lipinski definition) is 1. The van der Waals surface area contributed by atoms with Gasteiger partial charge in [0.25, 0.3) is 0 Å². The Kier molecular flexibility index (Phi) is 5.15. The Morgan fingerprint density at radius 2 is 1.68 bits per heavy atom. The van der Waals surface area contributed by atoms with Gasteiger partial charge >= 0.3 is 11.9 Å². The van der Waals surface area contributed by atoms with Gasteiger partial charge < -0.3 is 13.9 Å². The average Bonchev–Trinajstić information content (AvgIpc) is 2.88. The summed E-state index contributed by atoms with van der Waals surface area (Å²) in [6.45, 7) is 9.80. The Morgan fingerprint density at radius 3 is 2.20 bits per heavy atom. The molecule has 1 amide bonds. The van der Waals surface area contributed by atoms with Crippen molar-refractivity contribution in [3.05, 3.63) is 22.3 Å². The zero-order chi connectivity index (χ0) is 18.9. The fraction of sp³-hybridized carbons (Fsp3) is 0.389. The molecule has 0 atom stereocenters. The molecule has 1 N–H and O–H groups in total. The van der Waals surface area contributed by atoms with Crippen LogP contribution >= 0.6 is 0 Å². The number of fused-ring (bicyclic) bond motifs is 1. The van der Waals surface area contributed by atoms with Crippen LogP contribution in [0.2, 0.25) is 0 Å². The van der Waals surface area contributed by atoms with Gasteiger partial charge in [-0.1, -0.05) is 0 Å². The van der Waals surface area contributed by atoms with Crippen LogP contribution in [-0.4, -0.2) is 24.5 Å². The molecule has 0 saturated heterocycles. The maximum absolute atomic E-state index is 12.5. The summed E-state index contributed by atoms with van der Waals surface area (Å²) in [5, 5.41) is 2.98. The molecule has 7 heteroatoms. The van der Waals surface area contributed by atoms with E-state index in [0.29, 0.717) is 27.8 Å². The second-order valence-corrected chi connectivity index (χ2v) is 5.71. The number of hydrogen-bond acceptors (Lipinski definition) is 6. The van der Waals surface area contributed by atoms with Crippen LogP contribution in [0.3, 0.4) is 0 Å². The SMILES string of the molecule is CCOC(=O)c1c(NC(C)=O)oc2c(C)c(C)c(OC(C)=O)c(C)c12. The van der Waals surface area contributed by atoms with Gasteiger partial charge in [0.15, 0.2) is 0 Å². The number of carbonyl (C=O) groups is 3. The Morgan fingerprint density at radius 1 is 1.04 bits per heavy atom. The van der Waals surface area contributed by atoms with Crippen molar-refractivity contribution in [3.63, 3.8) is 0 Å². The van der Waals surface area contributed by atoms with Crippen molar-refractivity contribution >= 4 is 34.7 Å². The quantitative estimate of drug-likeness (QED) is 0.672. The first-order valence-corrected chi connectivity index (χ1v) is 7.88. The first-order valence-electron chi connectivity index (χ1n) is 7.88. The Balaban J connectivity index is 2.88. The van der Waals surface area contributed by atoms with Crippen LogP contribution in [0.1, 0.15) is 47.8 Å². The summed E-state index contributed by atoms with van der Waals surface area (Å²) < 4.78 is 16.2. The van der Waals surface area contributed by atoms with Crippen LogP contribution in [0.5, 0.6) is 5.75 Å². The Bertz CT molecular complexity index is 878. The van der Waals surface area contributed by atoms with E-state index in [1.807, 2.05) is 0 Å². The second-order valence-electron chi connectivity index (χ2n) is 5.71. The molecule has 0 unspecified atom stereocenters. The summed E-state index contributed by atoms with van der Waals surface area (Å²) in [5.41, 5.74) is 2.55. The highest BCUT2D eigenvalue weighted by Gasteiger charge is 2.28. The summed E-state index contributed by atoms with van der Waals surface area (Å²) in [6, 6.07) is 0. The minimum atomic E-state index is -0.620. The fourth-order valence-corrected chi connectivity index (χ4v) is 2.73. The molecule has 0 spiro atoms. The van der Waals surface area contributed by atoms with E-state index in [4.69, 9.17) is 13.9 Å². The van der Waals surface area contributed by atoms with Gasteiger partial charge in [-0.25, -0.2) is 4.79 Å². The molecule has 0 saturated carbocycles. The number of esters is 2. The van der Waals surface area contributed by atoms with E-state index in [9.17, 15) is 14.4 Å². The maximum atomic E-state index is 12.5. The van der Waals surface area contributed by atoms with Crippen LogP contribution < -0.4 is 10.1 Å². The highest BCUT2D eigenvalue weighted by molar-refractivity contribution is 6.12. The molecule has 2 aromatic rings. The lowest BCUT2D eigenvalue weighted by atomic mass is 9.98. The molecule has 7 nitrogen and oxygen atoms in total.